The van der Waals surface area contributed by atoms with Crippen LogP contribution in [0.5, 0.6) is 0 Å². The predicted molar refractivity (Wildman–Crippen MR) is 120 cm³/mol. The quantitative estimate of drug-likeness (QED) is 0.391. The van der Waals surface area contributed by atoms with Crippen LogP contribution in [-0.2, 0) is 11.3 Å². The second-order valence-corrected chi connectivity index (χ2v) is 6.99. The lowest BCUT2D eigenvalue weighted by Crippen LogP contribution is -2.49. The van der Waals surface area contributed by atoms with Crippen LogP contribution in [0.1, 0.15) is 31.9 Å². The first kappa shape index (κ1) is 23.2. The Bertz CT molecular complexity index is 566. The molecule has 2 unspecified atom stereocenters. The SMILES string of the molecule is CCNC(=NCC(C)N1CCOCC1C)N(C)Cc1ccccc1C.I. The molecule has 1 N–H and O–H groups in total. The number of nitrogens with one attached hydrogen (secondary N) is 1. The number of halogens is 1. The standard InChI is InChI=1S/C20H34N4O.HI/c1-6-21-20(23(5)14-19-10-8-7-9-16(19)2)22-13-17(3)24-11-12-25-15-18(24)4;/h7-10,17-18H,6,11-15H2,1-5H3,(H,21,22);1H. The van der Waals surface area contributed by atoms with Gasteiger partial charge in [-0.15, -0.1) is 24.0 Å². The summed E-state index contributed by atoms with van der Waals surface area (Å²) in [4.78, 5) is 9.61. The summed E-state index contributed by atoms with van der Waals surface area (Å²) in [5.74, 6) is 0.971. The van der Waals surface area contributed by atoms with Crippen molar-refractivity contribution >= 4 is 29.9 Å². The van der Waals surface area contributed by atoms with E-state index in [0.717, 1.165) is 45.4 Å². The van der Waals surface area contributed by atoms with Crippen molar-refractivity contribution in [2.24, 2.45) is 4.99 Å². The van der Waals surface area contributed by atoms with Gasteiger partial charge in [0.2, 0.25) is 0 Å². The molecule has 1 heterocycles. The van der Waals surface area contributed by atoms with Crippen molar-refractivity contribution in [3.8, 4) is 0 Å². The summed E-state index contributed by atoms with van der Waals surface area (Å²) < 4.78 is 5.54. The molecule has 1 aromatic carbocycles. The summed E-state index contributed by atoms with van der Waals surface area (Å²) in [5, 5.41) is 3.42. The monoisotopic (exact) mass is 474 g/mol. The first-order valence-corrected chi connectivity index (χ1v) is 9.40. The molecule has 1 aromatic rings. The Morgan fingerprint density at radius 1 is 1.42 bits per heavy atom. The maximum atomic E-state index is 5.54. The van der Waals surface area contributed by atoms with E-state index >= 15 is 0 Å². The second kappa shape index (κ2) is 11.8. The summed E-state index contributed by atoms with van der Waals surface area (Å²) >= 11 is 0. The minimum absolute atomic E-state index is 0. The molecule has 6 heteroatoms. The number of ether oxygens (including phenoxy) is 1. The lowest BCUT2D eigenvalue weighted by molar-refractivity contribution is -0.0166. The summed E-state index contributed by atoms with van der Waals surface area (Å²) in [6.45, 7) is 13.9. The van der Waals surface area contributed by atoms with E-state index in [4.69, 9.17) is 9.73 Å². The smallest absolute Gasteiger partial charge is 0.194 e. The third kappa shape index (κ3) is 6.70. The Kier molecular flexibility index (Phi) is 10.5. The number of nitrogens with zero attached hydrogens (tertiary/aromatic N) is 3. The highest BCUT2D eigenvalue weighted by Gasteiger charge is 2.23. The van der Waals surface area contributed by atoms with Gasteiger partial charge >= 0.3 is 0 Å². The molecule has 0 spiro atoms. The molecule has 0 radical (unpaired) electrons. The van der Waals surface area contributed by atoms with Crippen LogP contribution in [0.25, 0.3) is 0 Å². The fourth-order valence-corrected chi connectivity index (χ4v) is 3.31. The van der Waals surface area contributed by atoms with Gasteiger partial charge in [-0.1, -0.05) is 24.3 Å². The highest BCUT2D eigenvalue weighted by atomic mass is 127. The van der Waals surface area contributed by atoms with Crippen molar-refractivity contribution in [1.82, 2.24) is 15.1 Å². The Labute approximate surface area is 176 Å². The zero-order chi connectivity index (χ0) is 18.2. The average molecular weight is 474 g/mol. The molecule has 0 aliphatic carbocycles. The number of rotatable bonds is 6. The normalized spacial score (nSPS) is 19.6. The topological polar surface area (TPSA) is 40.1 Å². The molecular formula is C20H35IN4O. The van der Waals surface area contributed by atoms with Crippen LogP contribution < -0.4 is 5.32 Å². The third-order valence-electron chi connectivity index (χ3n) is 4.86. The maximum absolute atomic E-state index is 5.54. The fourth-order valence-electron chi connectivity index (χ4n) is 3.31. The number of aryl methyl sites for hydroxylation is 1. The van der Waals surface area contributed by atoms with Crippen LogP contribution in [0.2, 0.25) is 0 Å². The molecular weight excluding hydrogens is 439 g/mol. The Morgan fingerprint density at radius 2 is 2.15 bits per heavy atom. The minimum atomic E-state index is 0. The van der Waals surface area contributed by atoms with Gasteiger partial charge in [-0.05, 0) is 38.8 Å². The summed E-state index contributed by atoms with van der Waals surface area (Å²) in [6.07, 6.45) is 0. The van der Waals surface area contributed by atoms with Gasteiger partial charge in [0, 0.05) is 38.8 Å². The van der Waals surface area contributed by atoms with E-state index < -0.39 is 0 Å². The van der Waals surface area contributed by atoms with Crippen LogP contribution in [0.15, 0.2) is 29.3 Å². The summed E-state index contributed by atoms with van der Waals surface area (Å²) in [7, 11) is 2.11. The van der Waals surface area contributed by atoms with E-state index in [1.165, 1.54) is 11.1 Å². The van der Waals surface area contributed by atoms with Crippen molar-refractivity contribution in [3.05, 3.63) is 35.4 Å². The molecule has 148 valence electrons. The van der Waals surface area contributed by atoms with Gasteiger partial charge in [-0.3, -0.25) is 9.89 Å². The first-order valence-electron chi connectivity index (χ1n) is 9.40. The Hall–Kier alpha value is -0.860. The number of hydrogen-bond donors (Lipinski definition) is 1. The number of guanidine groups is 1. The number of morpholine rings is 1. The van der Waals surface area contributed by atoms with Crippen molar-refractivity contribution in [3.63, 3.8) is 0 Å². The van der Waals surface area contributed by atoms with Crippen molar-refractivity contribution in [1.29, 1.82) is 0 Å². The van der Waals surface area contributed by atoms with E-state index in [9.17, 15) is 0 Å². The van der Waals surface area contributed by atoms with E-state index in [2.05, 4.69) is 74.1 Å². The van der Waals surface area contributed by atoms with Gasteiger partial charge in [-0.25, -0.2) is 0 Å². The zero-order valence-electron chi connectivity index (χ0n) is 16.9. The van der Waals surface area contributed by atoms with Crippen LogP contribution in [0, 0.1) is 6.92 Å². The molecule has 0 amide bonds. The van der Waals surface area contributed by atoms with Gasteiger partial charge in [0.1, 0.15) is 0 Å². The highest BCUT2D eigenvalue weighted by Crippen LogP contribution is 2.12. The molecule has 1 saturated heterocycles. The molecule has 2 rings (SSSR count). The molecule has 2 atom stereocenters. The van der Waals surface area contributed by atoms with Crippen molar-refractivity contribution in [2.75, 3.05) is 39.9 Å². The number of aliphatic imine (C=N–C) groups is 1. The highest BCUT2D eigenvalue weighted by molar-refractivity contribution is 14.0. The molecule has 1 fully saturated rings. The minimum Gasteiger partial charge on any atom is -0.379 e. The summed E-state index contributed by atoms with van der Waals surface area (Å²) in [5.41, 5.74) is 2.66. The second-order valence-electron chi connectivity index (χ2n) is 6.99. The van der Waals surface area contributed by atoms with E-state index in [-0.39, 0.29) is 24.0 Å². The molecule has 1 aliphatic heterocycles. The van der Waals surface area contributed by atoms with Crippen LogP contribution in [0.3, 0.4) is 0 Å². The Balaban J connectivity index is 0.00000338. The molecule has 0 saturated carbocycles. The van der Waals surface area contributed by atoms with Gasteiger partial charge in [-0.2, -0.15) is 0 Å². The van der Waals surface area contributed by atoms with Crippen LogP contribution >= 0.6 is 24.0 Å². The lowest BCUT2D eigenvalue weighted by atomic mass is 10.1. The van der Waals surface area contributed by atoms with E-state index in [0.29, 0.717) is 12.1 Å². The van der Waals surface area contributed by atoms with Crippen LogP contribution in [0.4, 0.5) is 0 Å². The van der Waals surface area contributed by atoms with E-state index in [1.54, 1.807) is 0 Å². The van der Waals surface area contributed by atoms with Crippen molar-refractivity contribution < 1.29 is 4.74 Å². The third-order valence-corrected chi connectivity index (χ3v) is 4.86. The van der Waals surface area contributed by atoms with Gasteiger partial charge < -0.3 is 15.0 Å². The molecule has 0 aromatic heterocycles. The van der Waals surface area contributed by atoms with Gasteiger partial charge in [0.25, 0.3) is 0 Å². The molecule has 0 bridgehead atoms. The van der Waals surface area contributed by atoms with Crippen molar-refractivity contribution in [2.45, 2.75) is 46.3 Å². The number of hydrogen-bond acceptors (Lipinski definition) is 3. The van der Waals surface area contributed by atoms with Gasteiger partial charge in [0.05, 0.1) is 19.8 Å². The average Bonchev–Trinajstić information content (AvgIpc) is 2.60. The predicted octanol–water partition coefficient (Wildman–Crippen LogP) is 3.12. The van der Waals surface area contributed by atoms with Crippen LogP contribution in [-0.4, -0.2) is 67.7 Å². The molecule has 1 aliphatic rings. The lowest BCUT2D eigenvalue weighted by Gasteiger charge is -2.37. The molecule has 26 heavy (non-hydrogen) atoms. The maximum Gasteiger partial charge on any atom is 0.194 e. The zero-order valence-corrected chi connectivity index (χ0v) is 19.2. The Morgan fingerprint density at radius 3 is 2.81 bits per heavy atom. The van der Waals surface area contributed by atoms with E-state index in [1.807, 2.05) is 0 Å². The molecule has 5 nitrogen and oxygen atoms in total. The summed E-state index contributed by atoms with van der Waals surface area (Å²) in [6, 6.07) is 9.42. The fraction of sp³-hybridized carbons (Fsp3) is 0.650. The first-order chi connectivity index (χ1) is 12.0. The largest absolute Gasteiger partial charge is 0.379 e. The van der Waals surface area contributed by atoms with Gasteiger partial charge in [0.15, 0.2) is 5.96 Å². The number of benzene rings is 1.